The third kappa shape index (κ3) is 3.81. The molecule has 2 fully saturated rings. The standard InChI is InChI=1S/C23H23F3N4O3/c1-13-4-2-3-5-16(13)22(10-11-22)21-27-19(33-29-21)17-12-18(23(24,25)26)30(28-17)15-8-6-14(7-9-15)20(31)32/h2-5,12,14-15H,6-11H2,1H3,(H,31,32). The quantitative estimate of drug-likeness (QED) is 0.566. The molecule has 2 saturated carbocycles. The smallest absolute Gasteiger partial charge is 0.433 e. The van der Waals surface area contributed by atoms with Crippen LogP contribution in [0.25, 0.3) is 11.6 Å². The largest absolute Gasteiger partial charge is 0.481 e. The number of carbonyl (C=O) groups is 1. The molecule has 5 rings (SSSR count). The van der Waals surface area contributed by atoms with Crippen molar-refractivity contribution in [2.24, 2.45) is 5.92 Å². The lowest BCUT2D eigenvalue weighted by Gasteiger charge is -2.27. The fourth-order valence-electron chi connectivity index (χ4n) is 4.93. The van der Waals surface area contributed by atoms with Crippen LogP contribution < -0.4 is 0 Å². The van der Waals surface area contributed by atoms with Crippen molar-refractivity contribution in [3.63, 3.8) is 0 Å². The molecule has 2 aliphatic rings. The lowest BCUT2D eigenvalue weighted by Crippen LogP contribution is -2.26. The van der Waals surface area contributed by atoms with Crippen LogP contribution in [0.4, 0.5) is 13.2 Å². The highest BCUT2D eigenvalue weighted by atomic mass is 19.4. The van der Waals surface area contributed by atoms with Crippen molar-refractivity contribution in [1.29, 1.82) is 0 Å². The molecule has 0 atom stereocenters. The molecule has 0 spiro atoms. The average Bonchev–Trinajstić information content (AvgIpc) is 3.21. The Morgan fingerprint density at radius 2 is 1.88 bits per heavy atom. The third-order valence-corrected chi connectivity index (χ3v) is 6.90. The van der Waals surface area contributed by atoms with E-state index < -0.39 is 29.8 Å². The normalized spacial score (nSPS) is 22.3. The number of alkyl halides is 3. The highest BCUT2D eigenvalue weighted by Gasteiger charge is 2.51. The first kappa shape index (κ1) is 21.7. The summed E-state index contributed by atoms with van der Waals surface area (Å²) in [7, 11) is 0. The van der Waals surface area contributed by atoms with E-state index in [1.165, 1.54) is 0 Å². The van der Waals surface area contributed by atoms with Crippen LogP contribution >= 0.6 is 0 Å². The number of nitrogens with zero attached hydrogens (tertiary/aromatic N) is 4. The summed E-state index contributed by atoms with van der Waals surface area (Å²) in [4.78, 5) is 15.6. The molecule has 2 aromatic heterocycles. The van der Waals surface area contributed by atoms with Crippen LogP contribution in [-0.2, 0) is 16.4 Å². The molecule has 0 saturated heterocycles. The second-order valence-corrected chi connectivity index (χ2v) is 9.02. The minimum Gasteiger partial charge on any atom is -0.481 e. The molecular formula is C23H23F3N4O3. The Hall–Kier alpha value is -3.17. The summed E-state index contributed by atoms with van der Waals surface area (Å²) in [5.74, 6) is -1.03. The summed E-state index contributed by atoms with van der Waals surface area (Å²) in [5.41, 5.74) is 0.895. The maximum Gasteiger partial charge on any atom is 0.433 e. The predicted molar refractivity (Wildman–Crippen MR) is 110 cm³/mol. The molecule has 33 heavy (non-hydrogen) atoms. The van der Waals surface area contributed by atoms with Crippen LogP contribution in [-0.4, -0.2) is 31.0 Å². The van der Waals surface area contributed by atoms with Crippen LogP contribution in [0.3, 0.4) is 0 Å². The van der Waals surface area contributed by atoms with Gasteiger partial charge in [0, 0.05) is 6.07 Å². The highest BCUT2D eigenvalue weighted by molar-refractivity contribution is 5.70. The van der Waals surface area contributed by atoms with Gasteiger partial charge in [0.25, 0.3) is 5.89 Å². The average molecular weight is 460 g/mol. The number of aliphatic carboxylic acids is 1. The topological polar surface area (TPSA) is 94.0 Å². The number of carboxylic acid groups (broad SMARTS) is 1. The first-order valence-corrected chi connectivity index (χ1v) is 11.0. The molecule has 1 aromatic carbocycles. The van der Waals surface area contributed by atoms with Crippen molar-refractivity contribution in [3.05, 3.63) is 53.0 Å². The van der Waals surface area contributed by atoms with E-state index in [4.69, 9.17) is 4.52 Å². The Balaban J connectivity index is 1.46. The molecule has 0 aliphatic heterocycles. The second-order valence-electron chi connectivity index (χ2n) is 9.02. The number of hydrogen-bond donors (Lipinski definition) is 1. The summed E-state index contributed by atoms with van der Waals surface area (Å²) >= 11 is 0. The summed E-state index contributed by atoms with van der Waals surface area (Å²) in [6.45, 7) is 2.01. The minimum absolute atomic E-state index is 0.0259. The van der Waals surface area contributed by atoms with Crippen LogP contribution in [0, 0.1) is 12.8 Å². The number of halogens is 3. The first-order valence-electron chi connectivity index (χ1n) is 11.0. The molecule has 3 aromatic rings. The predicted octanol–water partition coefficient (Wildman–Crippen LogP) is 5.16. The van der Waals surface area contributed by atoms with Gasteiger partial charge in [0.05, 0.1) is 17.4 Å². The first-order chi connectivity index (χ1) is 15.7. The van der Waals surface area contributed by atoms with Crippen LogP contribution in [0.5, 0.6) is 0 Å². The molecule has 0 unspecified atom stereocenters. The van der Waals surface area contributed by atoms with Crippen molar-refractivity contribution in [1.82, 2.24) is 19.9 Å². The molecule has 174 valence electrons. The Morgan fingerprint density at radius 1 is 1.18 bits per heavy atom. The Bertz CT molecular complexity index is 1190. The number of carboxylic acids is 1. The van der Waals surface area contributed by atoms with E-state index in [-0.39, 0.29) is 17.0 Å². The lowest BCUT2D eigenvalue weighted by atomic mass is 9.86. The van der Waals surface area contributed by atoms with Crippen molar-refractivity contribution in [3.8, 4) is 11.6 Å². The molecule has 0 amide bonds. The van der Waals surface area contributed by atoms with E-state index in [9.17, 15) is 23.1 Å². The lowest BCUT2D eigenvalue weighted by molar-refractivity contribution is -0.147. The summed E-state index contributed by atoms with van der Waals surface area (Å²) in [6, 6.07) is 8.32. The van der Waals surface area contributed by atoms with Crippen molar-refractivity contribution in [2.45, 2.75) is 63.1 Å². The number of rotatable bonds is 5. The third-order valence-electron chi connectivity index (χ3n) is 6.90. The molecule has 7 nitrogen and oxygen atoms in total. The number of benzene rings is 1. The van der Waals surface area contributed by atoms with Crippen molar-refractivity contribution < 1.29 is 27.6 Å². The van der Waals surface area contributed by atoms with Gasteiger partial charge in [-0.05, 0) is 56.6 Å². The highest BCUT2D eigenvalue weighted by Crippen LogP contribution is 2.53. The van der Waals surface area contributed by atoms with Crippen molar-refractivity contribution >= 4 is 5.97 Å². The summed E-state index contributed by atoms with van der Waals surface area (Å²) in [6.07, 6.45) is -1.68. The number of aromatic nitrogens is 4. The van der Waals surface area contributed by atoms with Gasteiger partial charge in [-0.25, -0.2) is 0 Å². The molecular weight excluding hydrogens is 437 g/mol. The van der Waals surface area contributed by atoms with Crippen LogP contribution in [0.2, 0.25) is 0 Å². The molecule has 1 N–H and O–H groups in total. The Kier molecular flexibility index (Phi) is 5.06. The fourth-order valence-corrected chi connectivity index (χ4v) is 4.93. The van der Waals surface area contributed by atoms with Gasteiger partial charge in [0.2, 0.25) is 0 Å². The molecule has 10 heteroatoms. The van der Waals surface area contributed by atoms with Gasteiger partial charge in [-0.2, -0.15) is 23.3 Å². The fraction of sp³-hybridized carbons (Fsp3) is 0.478. The van der Waals surface area contributed by atoms with E-state index >= 15 is 0 Å². The maximum absolute atomic E-state index is 13.8. The minimum atomic E-state index is -4.61. The van der Waals surface area contributed by atoms with E-state index in [1.54, 1.807) is 0 Å². The summed E-state index contributed by atoms with van der Waals surface area (Å²) in [5, 5.41) is 17.5. The number of hydrogen-bond acceptors (Lipinski definition) is 5. The van der Waals surface area contributed by atoms with Gasteiger partial charge in [0.1, 0.15) is 5.69 Å². The van der Waals surface area contributed by atoms with Crippen LogP contribution in [0.1, 0.15) is 67.2 Å². The molecule has 2 aliphatic carbocycles. The van der Waals surface area contributed by atoms with Gasteiger partial charge in [-0.3, -0.25) is 9.48 Å². The van der Waals surface area contributed by atoms with E-state index in [0.29, 0.717) is 31.5 Å². The number of aryl methyl sites for hydroxylation is 1. The Labute approximate surface area is 187 Å². The second kappa shape index (κ2) is 7.71. The Morgan fingerprint density at radius 3 is 2.48 bits per heavy atom. The monoisotopic (exact) mass is 460 g/mol. The zero-order chi connectivity index (χ0) is 23.4. The SMILES string of the molecule is Cc1ccccc1C1(c2noc(-c3cc(C(F)(F)F)n(C4CCC(C(=O)O)CC4)n3)n2)CC1. The molecule has 2 heterocycles. The van der Waals surface area contributed by atoms with E-state index in [2.05, 4.69) is 15.2 Å². The van der Waals surface area contributed by atoms with Gasteiger partial charge < -0.3 is 9.63 Å². The van der Waals surface area contributed by atoms with Gasteiger partial charge in [0.15, 0.2) is 11.5 Å². The van der Waals surface area contributed by atoms with E-state index in [1.807, 2.05) is 31.2 Å². The van der Waals surface area contributed by atoms with Crippen LogP contribution in [0.15, 0.2) is 34.9 Å². The molecule has 0 bridgehead atoms. The van der Waals surface area contributed by atoms with Gasteiger partial charge >= 0.3 is 12.1 Å². The van der Waals surface area contributed by atoms with Gasteiger partial charge in [-0.15, -0.1) is 0 Å². The van der Waals surface area contributed by atoms with Gasteiger partial charge in [-0.1, -0.05) is 29.4 Å². The maximum atomic E-state index is 13.8. The zero-order valence-electron chi connectivity index (χ0n) is 18.0. The van der Waals surface area contributed by atoms with Crippen molar-refractivity contribution in [2.75, 3.05) is 0 Å². The van der Waals surface area contributed by atoms with E-state index in [0.717, 1.165) is 34.7 Å². The summed E-state index contributed by atoms with van der Waals surface area (Å²) < 4.78 is 47.7. The molecule has 0 radical (unpaired) electrons. The zero-order valence-corrected chi connectivity index (χ0v) is 18.0.